The zero-order chi connectivity index (χ0) is 13.9. The molecule has 1 fully saturated rings. The van der Waals surface area contributed by atoms with Gasteiger partial charge < -0.3 is 10.2 Å². The summed E-state index contributed by atoms with van der Waals surface area (Å²) in [4.78, 5) is 5.14. The fourth-order valence-electron chi connectivity index (χ4n) is 2.58. The van der Waals surface area contributed by atoms with Gasteiger partial charge >= 0.3 is 0 Å². The Hall–Kier alpha value is -0.120. The molecule has 3 nitrogen and oxygen atoms in total. The first-order chi connectivity index (χ1) is 8.20. The number of rotatable bonds is 4. The molecule has 1 aliphatic heterocycles. The Bertz CT molecular complexity index is 245. The minimum absolute atomic E-state index is 0.214. The monoisotopic (exact) mass is 255 g/mol. The van der Waals surface area contributed by atoms with Gasteiger partial charge in [0.25, 0.3) is 0 Å². The van der Waals surface area contributed by atoms with Gasteiger partial charge in [0.15, 0.2) is 0 Å². The number of likely N-dealkylation sites (N-methyl/N-ethyl adjacent to an activating group) is 1. The second-order valence-corrected chi connectivity index (χ2v) is 7.27. The van der Waals surface area contributed by atoms with E-state index >= 15 is 0 Å². The van der Waals surface area contributed by atoms with E-state index < -0.39 is 0 Å². The topological polar surface area (TPSA) is 18.5 Å². The van der Waals surface area contributed by atoms with E-state index in [4.69, 9.17) is 0 Å². The van der Waals surface area contributed by atoms with E-state index in [1.165, 1.54) is 19.6 Å². The van der Waals surface area contributed by atoms with Crippen LogP contribution in [0.4, 0.5) is 0 Å². The van der Waals surface area contributed by atoms with Gasteiger partial charge in [0.05, 0.1) is 0 Å². The third-order valence-electron chi connectivity index (χ3n) is 4.07. The summed E-state index contributed by atoms with van der Waals surface area (Å²) in [6, 6.07) is 1.33. The molecule has 2 unspecified atom stereocenters. The number of piperazine rings is 1. The second kappa shape index (κ2) is 6.36. The maximum atomic E-state index is 3.67. The fourth-order valence-corrected chi connectivity index (χ4v) is 2.58. The van der Waals surface area contributed by atoms with Crippen LogP contribution in [-0.4, -0.2) is 60.6 Å². The Balaban J connectivity index is 2.57. The molecule has 3 heteroatoms. The molecule has 1 saturated heterocycles. The van der Waals surface area contributed by atoms with Crippen molar-refractivity contribution in [2.24, 2.45) is 5.92 Å². The molecule has 18 heavy (non-hydrogen) atoms. The molecule has 0 spiro atoms. The molecule has 108 valence electrons. The molecule has 0 aromatic rings. The van der Waals surface area contributed by atoms with Crippen molar-refractivity contribution in [2.75, 3.05) is 33.2 Å². The zero-order valence-electron chi connectivity index (χ0n) is 13.5. The summed E-state index contributed by atoms with van der Waals surface area (Å²) < 4.78 is 0. The molecule has 0 amide bonds. The maximum Gasteiger partial charge on any atom is 0.0244 e. The van der Waals surface area contributed by atoms with Crippen molar-refractivity contribution in [3.63, 3.8) is 0 Å². The highest BCUT2D eigenvalue weighted by molar-refractivity contribution is 4.86. The first-order valence-electron chi connectivity index (χ1n) is 7.40. The van der Waals surface area contributed by atoms with Gasteiger partial charge in [-0.2, -0.15) is 0 Å². The first-order valence-corrected chi connectivity index (χ1v) is 7.40. The average molecular weight is 255 g/mol. The molecule has 1 heterocycles. The molecular weight excluding hydrogens is 222 g/mol. The normalized spacial score (nSPS) is 25.7. The third kappa shape index (κ3) is 4.87. The van der Waals surface area contributed by atoms with Crippen molar-refractivity contribution in [1.82, 2.24) is 15.1 Å². The van der Waals surface area contributed by atoms with Gasteiger partial charge in [0.2, 0.25) is 0 Å². The SMILES string of the molecule is CC(C)C(CNC(C)(C)C)N1CCN(C)C(C)C1. The number of nitrogens with zero attached hydrogens (tertiary/aromatic N) is 2. The van der Waals surface area contributed by atoms with E-state index in [2.05, 4.69) is 63.7 Å². The second-order valence-electron chi connectivity index (χ2n) is 7.27. The summed E-state index contributed by atoms with van der Waals surface area (Å²) in [6.07, 6.45) is 0. The molecular formula is C15H33N3. The highest BCUT2D eigenvalue weighted by Gasteiger charge is 2.28. The Morgan fingerprint density at radius 2 is 1.83 bits per heavy atom. The highest BCUT2D eigenvalue weighted by Crippen LogP contribution is 2.16. The lowest BCUT2D eigenvalue weighted by Crippen LogP contribution is -2.58. The molecule has 1 aliphatic rings. The minimum atomic E-state index is 0.214. The quantitative estimate of drug-likeness (QED) is 0.829. The standard InChI is InChI=1S/C15H33N3/c1-12(2)14(10-16-15(4,5)6)18-9-8-17(7)13(3)11-18/h12-14,16H,8-11H2,1-7H3. The van der Waals surface area contributed by atoms with Gasteiger partial charge in [0.1, 0.15) is 0 Å². The van der Waals surface area contributed by atoms with Gasteiger partial charge in [-0.15, -0.1) is 0 Å². The van der Waals surface area contributed by atoms with Crippen LogP contribution in [0, 0.1) is 5.92 Å². The van der Waals surface area contributed by atoms with Crippen LogP contribution < -0.4 is 5.32 Å². The largest absolute Gasteiger partial charge is 0.311 e. The third-order valence-corrected chi connectivity index (χ3v) is 4.07. The van der Waals surface area contributed by atoms with Gasteiger partial charge in [-0.3, -0.25) is 4.90 Å². The lowest BCUT2D eigenvalue weighted by atomic mass is 9.98. The van der Waals surface area contributed by atoms with Gasteiger partial charge in [-0.05, 0) is 40.7 Å². The summed E-state index contributed by atoms with van der Waals surface area (Å²) >= 11 is 0. The molecule has 0 saturated carbocycles. The molecule has 0 bridgehead atoms. The van der Waals surface area contributed by atoms with Crippen molar-refractivity contribution < 1.29 is 0 Å². The van der Waals surface area contributed by atoms with E-state index in [9.17, 15) is 0 Å². The van der Waals surface area contributed by atoms with Gasteiger partial charge in [-0.1, -0.05) is 13.8 Å². The van der Waals surface area contributed by atoms with Crippen LogP contribution in [0.5, 0.6) is 0 Å². The Kier molecular flexibility index (Phi) is 5.63. The molecule has 1 N–H and O–H groups in total. The molecule has 0 radical (unpaired) electrons. The predicted molar refractivity (Wildman–Crippen MR) is 80.0 cm³/mol. The van der Waals surface area contributed by atoms with Crippen LogP contribution in [0.2, 0.25) is 0 Å². The maximum absolute atomic E-state index is 3.67. The van der Waals surface area contributed by atoms with E-state index in [-0.39, 0.29) is 5.54 Å². The molecule has 0 aromatic heterocycles. The average Bonchev–Trinajstić information content (AvgIpc) is 2.21. The smallest absolute Gasteiger partial charge is 0.0244 e. The summed E-state index contributed by atoms with van der Waals surface area (Å²) in [5.41, 5.74) is 0.214. The summed E-state index contributed by atoms with van der Waals surface area (Å²) in [7, 11) is 2.24. The van der Waals surface area contributed by atoms with Crippen molar-refractivity contribution in [3.8, 4) is 0 Å². The van der Waals surface area contributed by atoms with Gasteiger partial charge in [0, 0.05) is 43.8 Å². The lowest BCUT2D eigenvalue weighted by Gasteiger charge is -2.44. The van der Waals surface area contributed by atoms with Crippen LogP contribution in [0.1, 0.15) is 41.5 Å². The van der Waals surface area contributed by atoms with Crippen molar-refractivity contribution in [1.29, 1.82) is 0 Å². The fraction of sp³-hybridized carbons (Fsp3) is 1.00. The van der Waals surface area contributed by atoms with Crippen LogP contribution in [0.15, 0.2) is 0 Å². The highest BCUT2D eigenvalue weighted by atomic mass is 15.3. The van der Waals surface area contributed by atoms with E-state index in [1.807, 2.05) is 0 Å². The molecule has 0 aliphatic carbocycles. The minimum Gasteiger partial charge on any atom is -0.311 e. The molecule has 2 atom stereocenters. The van der Waals surface area contributed by atoms with Crippen LogP contribution in [0.3, 0.4) is 0 Å². The number of nitrogens with one attached hydrogen (secondary N) is 1. The first kappa shape index (κ1) is 15.9. The van der Waals surface area contributed by atoms with E-state index in [1.54, 1.807) is 0 Å². The van der Waals surface area contributed by atoms with Gasteiger partial charge in [-0.25, -0.2) is 0 Å². The summed E-state index contributed by atoms with van der Waals surface area (Å²) in [5.74, 6) is 0.704. The number of hydrogen-bond acceptors (Lipinski definition) is 3. The summed E-state index contributed by atoms with van der Waals surface area (Å²) in [5, 5.41) is 3.67. The Morgan fingerprint density at radius 3 is 2.28 bits per heavy atom. The Labute approximate surface area is 114 Å². The van der Waals surface area contributed by atoms with Crippen LogP contribution in [-0.2, 0) is 0 Å². The van der Waals surface area contributed by atoms with Crippen molar-refractivity contribution in [3.05, 3.63) is 0 Å². The summed E-state index contributed by atoms with van der Waals surface area (Å²) in [6.45, 7) is 18.5. The predicted octanol–water partition coefficient (Wildman–Crippen LogP) is 2.04. The molecule has 1 rings (SSSR count). The van der Waals surface area contributed by atoms with Crippen molar-refractivity contribution >= 4 is 0 Å². The van der Waals surface area contributed by atoms with Crippen molar-refractivity contribution in [2.45, 2.75) is 59.2 Å². The zero-order valence-corrected chi connectivity index (χ0v) is 13.5. The Morgan fingerprint density at radius 1 is 1.22 bits per heavy atom. The van der Waals surface area contributed by atoms with Crippen LogP contribution >= 0.6 is 0 Å². The van der Waals surface area contributed by atoms with Crippen LogP contribution in [0.25, 0.3) is 0 Å². The van der Waals surface area contributed by atoms with E-state index in [0.717, 1.165) is 6.54 Å². The molecule has 0 aromatic carbocycles. The lowest BCUT2D eigenvalue weighted by molar-refractivity contribution is 0.0522. The van der Waals surface area contributed by atoms with E-state index in [0.29, 0.717) is 18.0 Å². The number of hydrogen-bond donors (Lipinski definition) is 1.